The van der Waals surface area contributed by atoms with Crippen LogP contribution in [-0.2, 0) is 0 Å². The first-order valence-corrected chi connectivity index (χ1v) is 4.46. The lowest BCUT2D eigenvalue weighted by Crippen LogP contribution is -2.61. The number of hydrogen-bond acceptors (Lipinski definition) is 0. The van der Waals surface area contributed by atoms with Gasteiger partial charge in [0.2, 0.25) is 11.5 Å². The molecule has 0 bridgehead atoms. The summed E-state index contributed by atoms with van der Waals surface area (Å²) in [7, 11) is 0. The highest BCUT2D eigenvalue weighted by molar-refractivity contribution is 5.23. The maximum Gasteiger partial charge on any atom is 0.460 e. The van der Waals surface area contributed by atoms with Crippen molar-refractivity contribution in [1.29, 1.82) is 0 Å². The molecule has 0 aliphatic rings. The third kappa shape index (κ3) is 3.05. The van der Waals surface area contributed by atoms with E-state index >= 15 is 0 Å². The van der Waals surface area contributed by atoms with Crippen molar-refractivity contribution >= 4 is 0 Å². The summed E-state index contributed by atoms with van der Waals surface area (Å²) >= 11 is 0. The van der Waals surface area contributed by atoms with Crippen molar-refractivity contribution in [2.45, 2.75) is 36.8 Å². The monoisotopic (exact) mass is 346 g/mol. The maximum atomic E-state index is 13.2. The molecule has 0 aliphatic carbocycles. The zero-order valence-electron chi connectivity index (χ0n) is 9.41. The first-order valence-electron chi connectivity index (χ1n) is 4.46. The average molecular weight is 346 g/mol. The Labute approximate surface area is 107 Å². The van der Waals surface area contributed by atoms with E-state index < -0.39 is 48.4 Å². The van der Waals surface area contributed by atoms with E-state index in [0.29, 0.717) is 0 Å². The van der Waals surface area contributed by atoms with E-state index in [9.17, 15) is 57.1 Å². The molecule has 0 N–H and O–H groups in total. The molecular formula is C8H3F13. The molecule has 0 radical (unpaired) electrons. The first kappa shape index (κ1) is 19.8. The van der Waals surface area contributed by atoms with E-state index in [2.05, 4.69) is 0 Å². The highest BCUT2D eigenvalue weighted by Crippen LogP contribution is 2.55. The molecule has 0 rings (SSSR count). The molecule has 13 heteroatoms. The van der Waals surface area contributed by atoms with Crippen LogP contribution < -0.4 is 0 Å². The predicted octanol–water partition coefficient (Wildman–Crippen LogP) is 5.26. The topological polar surface area (TPSA) is 0 Å². The van der Waals surface area contributed by atoms with Gasteiger partial charge in [0.05, 0.1) is 0 Å². The van der Waals surface area contributed by atoms with Crippen molar-refractivity contribution < 1.29 is 57.1 Å². The second-order valence-corrected chi connectivity index (χ2v) is 3.78. The number of alkyl halides is 11. The molecular weight excluding hydrogens is 343 g/mol. The number of rotatable bonds is 3. The standard InChI is InChI=1S/C8H3F13/c1-4(11,2(9)3(10)5(12,13)14)6(15,16)7(17,18)8(19,20)21/h1H3. The summed E-state index contributed by atoms with van der Waals surface area (Å²) < 4.78 is 159. The van der Waals surface area contributed by atoms with Crippen LogP contribution in [0.25, 0.3) is 0 Å². The minimum absolute atomic E-state index is 1.08. The van der Waals surface area contributed by atoms with Gasteiger partial charge in [-0.25, -0.2) is 8.78 Å². The van der Waals surface area contributed by atoms with Gasteiger partial charge in [-0.3, -0.25) is 0 Å². The molecule has 0 fully saturated rings. The van der Waals surface area contributed by atoms with E-state index in [1.807, 2.05) is 0 Å². The predicted molar refractivity (Wildman–Crippen MR) is 40.8 cm³/mol. The van der Waals surface area contributed by atoms with Crippen LogP contribution in [0, 0.1) is 0 Å². The van der Waals surface area contributed by atoms with Gasteiger partial charge < -0.3 is 0 Å². The molecule has 1 unspecified atom stereocenters. The molecule has 0 aliphatic heterocycles. The molecule has 126 valence electrons. The van der Waals surface area contributed by atoms with Crippen molar-refractivity contribution in [1.82, 2.24) is 0 Å². The molecule has 0 aromatic heterocycles. The van der Waals surface area contributed by atoms with Crippen molar-refractivity contribution in [2.75, 3.05) is 0 Å². The largest absolute Gasteiger partial charge is 0.460 e. The van der Waals surface area contributed by atoms with Crippen LogP contribution in [0.15, 0.2) is 11.7 Å². The van der Waals surface area contributed by atoms with Gasteiger partial charge in [-0.2, -0.15) is 48.3 Å². The molecule has 0 aromatic carbocycles. The van der Waals surface area contributed by atoms with Crippen molar-refractivity contribution in [3.05, 3.63) is 11.7 Å². The molecule has 0 amide bonds. The average Bonchev–Trinajstić information content (AvgIpc) is 2.23. The Hall–Kier alpha value is -1.17. The smallest absolute Gasteiger partial charge is 0.229 e. The Morgan fingerprint density at radius 3 is 1.14 bits per heavy atom. The molecule has 1 atom stereocenters. The fourth-order valence-corrected chi connectivity index (χ4v) is 0.941. The minimum atomic E-state index is -7.26. The second-order valence-electron chi connectivity index (χ2n) is 3.78. The quantitative estimate of drug-likeness (QED) is 0.612. The summed E-state index contributed by atoms with van der Waals surface area (Å²) in [6.45, 7) is -1.08. The lowest BCUT2D eigenvalue weighted by atomic mass is 9.92. The van der Waals surface area contributed by atoms with Gasteiger partial charge >= 0.3 is 24.2 Å². The normalized spacial score (nSPS) is 19.1. The second kappa shape index (κ2) is 4.93. The lowest BCUT2D eigenvalue weighted by Gasteiger charge is -2.35. The minimum Gasteiger partial charge on any atom is -0.229 e. The summed E-state index contributed by atoms with van der Waals surface area (Å²) in [5, 5.41) is 0. The van der Waals surface area contributed by atoms with E-state index in [-0.39, 0.29) is 0 Å². The Bertz CT molecular complexity index is 420. The summed E-state index contributed by atoms with van der Waals surface area (Å²) in [6.07, 6.45) is -13.5. The molecule has 0 saturated heterocycles. The van der Waals surface area contributed by atoms with E-state index in [4.69, 9.17) is 0 Å². The zero-order chi connectivity index (χ0) is 17.7. The zero-order valence-corrected chi connectivity index (χ0v) is 9.41. The third-order valence-corrected chi connectivity index (χ3v) is 2.19. The summed E-state index contributed by atoms with van der Waals surface area (Å²) in [4.78, 5) is 0. The Morgan fingerprint density at radius 1 is 0.571 bits per heavy atom. The number of hydrogen-bond donors (Lipinski definition) is 0. The van der Waals surface area contributed by atoms with Crippen LogP contribution in [-0.4, -0.2) is 29.9 Å². The van der Waals surface area contributed by atoms with Crippen LogP contribution in [0.4, 0.5) is 57.1 Å². The van der Waals surface area contributed by atoms with Crippen molar-refractivity contribution in [3.8, 4) is 0 Å². The van der Waals surface area contributed by atoms with Crippen molar-refractivity contribution in [3.63, 3.8) is 0 Å². The van der Waals surface area contributed by atoms with Crippen LogP contribution >= 0.6 is 0 Å². The first-order chi connectivity index (χ1) is 8.82. The maximum absolute atomic E-state index is 13.2. The fraction of sp³-hybridized carbons (Fsp3) is 0.750. The third-order valence-electron chi connectivity index (χ3n) is 2.19. The highest BCUT2D eigenvalue weighted by atomic mass is 19.4. The van der Waals surface area contributed by atoms with Crippen LogP contribution in [0.5, 0.6) is 0 Å². The lowest BCUT2D eigenvalue weighted by molar-refractivity contribution is -0.375. The van der Waals surface area contributed by atoms with E-state index in [1.54, 1.807) is 0 Å². The molecule has 0 nitrogen and oxygen atoms in total. The van der Waals surface area contributed by atoms with Gasteiger partial charge in [0.1, 0.15) is 0 Å². The van der Waals surface area contributed by atoms with Gasteiger partial charge in [0.15, 0.2) is 5.83 Å². The fourth-order valence-electron chi connectivity index (χ4n) is 0.941. The molecule has 21 heavy (non-hydrogen) atoms. The van der Waals surface area contributed by atoms with Crippen LogP contribution in [0.2, 0.25) is 0 Å². The van der Waals surface area contributed by atoms with Crippen LogP contribution in [0.3, 0.4) is 0 Å². The van der Waals surface area contributed by atoms with Crippen LogP contribution in [0.1, 0.15) is 6.92 Å². The van der Waals surface area contributed by atoms with Gasteiger partial charge in [-0.05, 0) is 6.92 Å². The number of allylic oxidation sites excluding steroid dienone is 2. The summed E-state index contributed by atoms with van der Waals surface area (Å²) in [6, 6.07) is 0. The van der Waals surface area contributed by atoms with Gasteiger partial charge in [-0.1, -0.05) is 0 Å². The molecule has 0 saturated carbocycles. The Balaban J connectivity index is 6.15. The van der Waals surface area contributed by atoms with Gasteiger partial charge in [-0.15, -0.1) is 0 Å². The summed E-state index contributed by atoms with van der Waals surface area (Å²) in [5.41, 5.74) is -5.91. The van der Waals surface area contributed by atoms with E-state index in [1.165, 1.54) is 0 Å². The number of halogens is 13. The Morgan fingerprint density at radius 2 is 0.905 bits per heavy atom. The highest BCUT2D eigenvalue weighted by Gasteiger charge is 2.81. The molecule has 0 aromatic rings. The SMILES string of the molecule is CC(F)(C(F)=C(F)C(F)(F)F)C(F)(F)C(F)(F)C(F)(F)F. The molecule has 0 spiro atoms. The van der Waals surface area contributed by atoms with Crippen molar-refractivity contribution in [2.24, 2.45) is 0 Å². The summed E-state index contributed by atoms with van der Waals surface area (Å²) in [5.74, 6) is -22.6. The van der Waals surface area contributed by atoms with Gasteiger partial charge in [0, 0.05) is 0 Å². The molecule has 0 heterocycles. The van der Waals surface area contributed by atoms with E-state index in [0.717, 1.165) is 0 Å². The van der Waals surface area contributed by atoms with Gasteiger partial charge in [0.25, 0.3) is 0 Å². The Kier molecular flexibility index (Phi) is 4.66.